The highest BCUT2D eigenvalue weighted by atomic mass is 19.1. The number of carbonyl (C=O) groups excluding carboxylic acids is 1. The third-order valence-corrected chi connectivity index (χ3v) is 5.11. The second-order valence-corrected chi connectivity index (χ2v) is 7.06. The van der Waals surface area contributed by atoms with E-state index in [0.717, 1.165) is 22.1 Å². The van der Waals surface area contributed by atoms with Crippen molar-refractivity contribution >= 4 is 28.3 Å². The number of aryl methyl sites for hydroxylation is 1. The summed E-state index contributed by atoms with van der Waals surface area (Å²) in [5.41, 5.74) is 10.2. The van der Waals surface area contributed by atoms with E-state index in [-0.39, 0.29) is 5.91 Å². The van der Waals surface area contributed by atoms with Gasteiger partial charge in [-0.1, -0.05) is 5.57 Å². The third kappa shape index (κ3) is 3.31. The van der Waals surface area contributed by atoms with Crippen molar-refractivity contribution in [1.82, 2.24) is 15.0 Å². The monoisotopic (exact) mass is 377 g/mol. The highest BCUT2D eigenvalue weighted by Gasteiger charge is 2.26. The number of pyridine rings is 3. The van der Waals surface area contributed by atoms with Crippen LogP contribution in [0.1, 0.15) is 25.3 Å². The Balaban J connectivity index is 1.67. The van der Waals surface area contributed by atoms with Crippen LogP contribution in [0, 0.1) is 6.92 Å². The van der Waals surface area contributed by atoms with Gasteiger partial charge in [-0.2, -0.15) is 0 Å². The smallest absolute Gasteiger partial charge is 0.252 e. The Morgan fingerprint density at radius 2 is 2.07 bits per heavy atom. The van der Waals surface area contributed by atoms with Crippen LogP contribution in [-0.4, -0.2) is 27.0 Å². The molecule has 0 bridgehead atoms. The van der Waals surface area contributed by atoms with Crippen molar-refractivity contribution in [3.8, 4) is 11.3 Å². The van der Waals surface area contributed by atoms with Gasteiger partial charge in [0.05, 0.1) is 5.69 Å². The first-order valence-corrected chi connectivity index (χ1v) is 9.03. The molecule has 4 rings (SSSR count). The van der Waals surface area contributed by atoms with Crippen molar-refractivity contribution in [3.63, 3.8) is 0 Å². The Hall–Kier alpha value is -3.35. The highest BCUT2D eigenvalue weighted by Crippen LogP contribution is 2.32. The maximum atomic E-state index is 13.0. The lowest BCUT2D eigenvalue weighted by atomic mass is 9.86. The SMILES string of the molecule is CC(C(=O)Nc1cc2cc(-c3cnccc3C)nc(N)c2cn1)=C1CC(F)C1. The van der Waals surface area contributed by atoms with E-state index < -0.39 is 6.17 Å². The number of hydrogen-bond acceptors (Lipinski definition) is 5. The number of anilines is 2. The second-order valence-electron chi connectivity index (χ2n) is 7.06. The van der Waals surface area contributed by atoms with Crippen LogP contribution in [0.3, 0.4) is 0 Å². The lowest BCUT2D eigenvalue weighted by Crippen LogP contribution is -2.22. The molecule has 1 amide bonds. The number of alkyl halides is 1. The fourth-order valence-corrected chi connectivity index (χ4v) is 3.26. The minimum atomic E-state index is -0.832. The van der Waals surface area contributed by atoms with Gasteiger partial charge < -0.3 is 11.1 Å². The van der Waals surface area contributed by atoms with Crippen LogP contribution < -0.4 is 11.1 Å². The van der Waals surface area contributed by atoms with Crippen molar-refractivity contribution in [3.05, 3.63) is 53.5 Å². The topological polar surface area (TPSA) is 93.8 Å². The van der Waals surface area contributed by atoms with E-state index in [1.165, 1.54) is 0 Å². The molecule has 0 saturated heterocycles. The standard InChI is InChI=1S/C21H20FN5O/c1-11-3-4-24-9-16(11)18-7-14-8-19(25-10-17(14)20(23)26-18)27-21(28)12(2)13-5-15(22)6-13/h3-4,7-10,15H,5-6H2,1-2H3,(H2,23,26)(H,25,27,28). The maximum absolute atomic E-state index is 13.0. The average Bonchev–Trinajstić information content (AvgIpc) is 2.65. The van der Waals surface area contributed by atoms with Crippen LogP contribution in [0.2, 0.25) is 0 Å². The number of rotatable bonds is 3. The van der Waals surface area contributed by atoms with Gasteiger partial charge in [0.15, 0.2) is 0 Å². The van der Waals surface area contributed by atoms with Crippen molar-refractivity contribution in [2.24, 2.45) is 0 Å². The van der Waals surface area contributed by atoms with Gasteiger partial charge in [-0.3, -0.25) is 9.78 Å². The molecule has 7 heteroatoms. The van der Waals surface area contributed by atoms with Gasteiger partial charge in [-0.25, -0.2) is 14.4 Å². The summed E-state index contributed by atoms with van der Waals surface area (Å²) in [6.45, 7) is 3.69. The summed E-state index contributed by atoms with van der Waals surface area (Å²) >= 11 is 0. The fraction of sp³-hybridized carbons (Fsp3) is 0.238. The molecule has 0 aliphatic heterocycles. The van der Waals surface area contributed by atoms with Gasteiger partial charge in [-0.05, 0) is 43.0 Å². The zero-order valence-corrected chi connectivity index (χ0v) is 15.7. The molecule has 3 heterocycles. The largest absolute Gasteiger partial charge is 0.383 e. The zero-order valence-electron chi connectivity index (χ0n) is 15.7. The van der Waals surface area contributed by atoms with Gasteiger partial charge in [0.2, 0.25) is 0 Å². The number of fused-ring (bicyclic) bond motifs is 1. The average molecular weight is 377 g/mol. The van der Waals surface area contributed by atoms with E-state index in [1.807, 2.05) is 19.1 Å². The predicted octanol–water partition coefficient (Wildman–Crippen LogP) is 3.97. The summed E-state index contributed by atoms with van der Waals surface area (Å²) in [4.78, 5) is 25.3. The molecule has 0 aromatic carbocycles. The number of nitrogen functional groups attached to an aromatic ring is 1. The Morgan fingerprint density at radius 1 is 1.29 bits per heavy atom. The number of nitrogens with two attached hydrogens (primary N) is 1. The van der Waals surface area contributed by atoms with Crippen LogP contribution >= 0.6 is 0 Å². The molecule has 1 aliphatic rings. The Labute approximate surface area is 161 Å². The van der Waals surface area contributed by atoms with Crippen molar-refractivity contribution in [1.29, 1.82) is 0 Å². The number of carbonyl (C=O) groups is 1. The maximum Gasteiger partial charge on any atom is 0.252 e. The van der Waals surface area contributed by atoms with Gasteiger partial charge >= 0.3 is 0 Å². The number of nitrogens with one attached hydrogen (secondary N) is 1. The summed E-state index contributed by atoms with van der Waals surface area (Å²) in [6.07, 6.45) is 4.91. The molecule has 3 aromatic rings. The number of aromatic nitrogens is 3. The molecular weight excluding hydrogens is 357 g/mol. The summed E-state index contributed by atoms with van der Waals surface area (Å²) in [5.74, 6) is 0.509. The molecule has 1 fully saturated rings. The van der Waals surface area contributed by atoms with Crippen molar-refractivity contribution < 1.29 is 9.18 Å². The number of nitrogens with zero attached hydrogens (tertiary/aromatic N) is 3. The van der Waals surface area contributed by atoms with Crippen molar-refractivity contribution in [2.45, 2.75) is 32.9 Å². The van der Waals surface area contributed by atoms with Crippen LogP contribution in [0.15, 0.2) is 47.9 Å². The third-order valence-electron chi connectivity index (χ3n) is 5.11. The first-order chi connectivity index (χ1) is 13.4. The molecule has 0 radical (unpaired) electrons. The van der Waals surface area contributed by atoms with E-state index in [2.05, 4.69) is 20.3 Å². The van der Waals surface area contributed by atoms with Gasteiger partial charge in [0.25, 0.3) is 5.91 Å². The van der Waals surface area contributed by atoms with E-state index in [4.69, 9.17) is 5.73 Å². The highest BCUT2D eigenvalue weighted by molar-refractivity contribution is 6.04. The Kier molecular flexibility index (Phi) is 4.50. The van der Waals surface area contributed by atoms with Crippen LogP contribution in [0.25, 0.3) is 22.0 Å². The molecule has 6 nitrogen and oxygen atoms in total. The Morgan fingerprint density at radius 3 is 2.79 bits per heavy atom. The molecule has 142 valence electrons. The van der Waals surface area contributed by atoms with E-state index in [0.29, 0.717) is 41.1 Å². The molecule has 1 saturated carbocycles. The number of allylic oxidation sites excluding steroid dienone is 1. The second kappa shape index (κ2) is 6.99. The summed E-state index contributed by atoms with van der Waals surface area (Å²) < 4.78 is 13.0. The van der Waals surface area contributed by atoms with E-state index in [9.17, 15) is 9.18 Å². The van der Waals surface area contributed by atoms with Crippen LogP contribution in [0.5, 0.6) is 0 Å². The zero-order chi connectivity index (χ0) is 19.8. The van der Waals surface area contributed by atoms with Gasteiger partial charge in [0, 0.05) is 48.0 Å². The first-order valence-electron chi connectivity index (χ1n) is 9.03. The number of amides is 1. The molecular formula is C21H20FN5O. The molecule has 28 heavy (non-hydrogen) atoms. The van der Waals surface area contributed by atoms with Gasteiger partial charge in [-0.15, -0.1) is 0 Å². The lowest BCUT2D eigenvalue weighted by Gasteiger charge is -2.24. The first kappa shape index (κ1) is 18.0. The van der Waals surface area contributed by atoms with E-state index >= 15 is 0 Å². The molecule has 0 atom stereocenters. The van der Waals surface area contributed by atoms with E-state index in [1.54, 1.807) is 31.6 Å². The molecule has 1 aliphatic carbocycles. The molecule has 0 unspecified atom stereocenters. The minimum Gasteiger partial charge on any atom is -0.383 e. The summed E-state index contributed by atoms with van der Waals surface area (Å²) in [6, 6.07) is 5.57. The lowest BCUT2D eigenvalue weighted by molar-refractivity contribution is -0.112. The summed E-state index contributed by atoms with van der Waals surface area (Å²) in [5, 5.41) is 4.30. The van der Waals surface area contributed by atoms with Gasteiger partial charge in [0.1, 0.15) is 17.8 Å². The minimum absolute atomic E-state index is 0.265. The predicted molar refractivity (Wildman–Crippen MR) is 107 cm³/mol. The molecule has 3 aromatic heterocycles. The number of halogens is 1. The quantitative estimate of drug-likeness (QED) is 0.674. The molecule has 0 spiro atoms. The van der Waals surface area contributed by atoms with Crippen LogP contribution in [-0.2, 0) is 4.79 Å². The van der Waals surface area contributed by atoms with Crippen molar-refractivity contribution in [2.75, 3.05) is 11.1 Å². The Bertz CT molecular complexity index is 1120. The number of hydrogen-bond donors (Lipinski definition) is 2. The normalized spacial score (nSPS) is 16.0. The van der Waals surface area contributed by atoms with Crippen LogP contribution in [0.4, 0.5) is 16.0 Å². The molecule has 3 N–H and O–H groups in total. The summed E-state index contributed by atoms with van der Waals surface area (Å²) in [7, 11) is 0. The fourth-order valence-electron chi connectivity index (χ4n) is 3.26.